The first-order valence-electron chi connectivity index (χ1n) is 11.6. The summed E-state index contributed by atoms with van der Waals surface area (Å²) in [5.41, 5.74) is 0.256. The van der Waals surface area contributed by atoms with Gasteiger partial charge in [-0.2, -0.15) is 12.7 Å². The van der Waals surface area contributed by atoms with Gasteiger partial charge in [0.2, 0.25) is 11.8 Å². The Balaban J connectivity index is 2.49. The van der Waals surface area contributed by atoms with Crippen molar-refractivity contribution in [1.82, 2.24) is 14.5 Å². The monoisotopic (exact) mass is 524 g/mol. The van der Waals surface area contributed by atoms with E-state index in [0.29, 0.717) is 16.4 Å². The number of amides is 2. The Morgan fingerprint density at radius 3 is 2.14 bits per heavy atom. The first-order valence-corrected chi connectivity index (χ1v) is 13.0. The Morgan fingerprint density at radius 2 is 1.61 bits per heavy atom. The summed E-state index contributed by atoms with van der Waals surface area (Å²) < 4.78 is 55.8. The molecule has 2 rings (SSSR count). The number of carbonyl (C=O) groups excluding carboxylic acids is 2. The third-order valence-corrected chi connectivity index (χ3v) is 7.28. The minimum absolute atomic E-state index is 0.0696. The summed E-state index contributed by atoms with van der Waals surface area (Å²) in [4.78, 5) is 27.9. The van der Waals surface area contributed by atoms with Gasteiger partial charge in [-0.3, -0.25) is 9.59 Å². The summed E-state index contributed by atoms with van der Waals surface area (Å²) in [7, 11) is -1.71. The van der Waals surface area contributed by atoms with Gasteiger partial charge in [-0.05, 0) is 42.2 Å². The number of benzene rings is 2. The number of nitrogens with zero attached hydrogens (tertiary/aromatic N) is 3. The van der Waals surface area contributed by atoms with Crippen molar-refractivity contribution >= 4 is 27.7 Å². The number of halogens is 2. The highest BCUT2D eigenvalue weighted by atomic mass is 32.2. The van der Waals surface area contributed by atoms with Crippen LogP contribution in [0.4, 0.5) is 14.5 Å². The molecule has 0 aliphatic heterocycles. The Kier molecular flexibility index (Phi) is 10.4. The maximum atomic E-state index is 14.6. The molecule has 36 heavy (non-hydrogen) atoms. The fraction of sp³-hybridized carbons (Fsp3) is 0.440. The van der Waals surface area contributed by atoms with Crippen molar-refractivity contribution in [2.24, 2.45) is 5.92 Å². The van der Waals surface area contributed by atoms with Gasteiger partial charge in [0.25, 0.3) is 0 Å². The van der Waals surface area contributed by atoms with Crippen molar-refractivity contribution in [1.29, 1.82) is 0 Å². The first-order chi connectivity index (χ1) is 16.9. The zero-order chi connectivity index (χ0) is 27.0. The number of carbonyl (C=O) groups is 2. The minimum atomic E-state index is -4.27. The third kappa shape index (κ3) is 7.47. The lowest BCUT2D eigenvalue weighted by Gasteiger charge is -2.34. The molecule has 2 aromatic rings. The van der Waals surface area contributed by atoms with E-state index in [4.69, 9.17) is 0 Å². The lowest BCUT2D eigenvalue weighted by Crippen LogP contribution is -2.53. The van der Waals surface area contributed by atoms with Crippen LogP contribution < -0.4 is 9.62 Å². The van der Waals surface area contributed by atoms with Gasteiger partial charge < -0.3 is 10.2 Å². The molecule has 0 saturated heterocycles. The van der Waals surface area contributed by atoms with Crippen LogP contribution in [0.15, 0.2) is 48.5 Å². The second kappa shape index (κ2) is 12.8. The number of rotatable bonds is 12. The molecule has 0 aliphatic carbocycles. The lowest BCUT2D eigenvalue weighted by atomic mass is 10.1. The van der Waals surface area contributed by atoms with Crippen LogP contribution in [-0.2, 0) is 26.3 Å². The van der Waals surface area contributed by atoms with E-state index in [-0.39, 0.29) is 24.6 Å². The molecular weight excluding hydrogens is 490 g/mol. The Labute approximate surface area is 212 Å². The van der Waals surface area contributed by atoms with Gasteiger partial charge in [-0.25, -0.2) is 13.1 Å². The largest absolute Gasteiger partial charge is 0.354 e. The Bertz CT molecular complexity index is 1140. The maximum Gasteiger partial charge on any atom is 0.304 e. The van der Waals surface area contributed by atoms with Crippen molar-refractivity contribution in [2.75, 3.05) is 31.5 Å². The lowest BCUT2D eigenvalue weighted by molar-refractivity contribution is -0.140. The van der Waals surface area contributed by atoms with Gasteiger partial charge in [-0.1, -0.05) is 45.0 Å². The summed E-state index contributed by atoms with van der Waals surface area (Å²) in [6, 6.07) is 9.76. The van der Waals surface area contributed by atoms with E-state index in [1.807, 2.05) is 13.8 Å². The van der Waals surface area contributed by atoms with E-state index >= 15 is 0 Å². The summed E-state index contributed by atoms with van der Waals surface area (Å²) in [6.07, 6.45) is 0.247. The second-order valence-corrected chi connectivity index (χ2v) is 11.0. The van der Waals surface area contributed by atoms with Gasteiger partial charge in [-0.15, -0.1) is 0 Å². The predicted octanol–water partition coefficient (Wildman–Crippen LogP) is 3.16. The van der Waals surface area contributed by atoms with Crippen LogP contribution in [0.1, 0.15) is 32.8 Å². The number of hydrogen-bond donors (Lipinski definition) is 1. The van der Waals surface area contributed by atoms with E-state index in [2.05, 4.69) is 5.32 Å². The molecule has 0 saturated carbocycles. The first kappa shape index (κ1) is 29.2. The minimum Gasteiger partial charge on any atom is -0.354 e. The normalized spacial score (nSPS) is 12.5. The fourth-order valence-electron chi connectivity index (χ4n) is 3.48. The maximum absolute atomic E-state index is 14.6. The molecule has 0 aliphatic rings. The highest BCUT2D eigenvalue weighted by molar-refractivity contribution is 7.90. The van der Waals surface area contributed by atoms with Crippen LogP contribution in [0, 0.1) is 17.6 Å². The molecule has 1 atom stereocenters. The number of hydrogen-bond acceptors (Lipinski definition) is 4. The van der Waals surface area contributed by atoms with Gasteiger partial charge in [0, 0.05) is 27.2 Å². The SMILES string of the molecule is CCC(C(=O)NCC(C)C)N(Cc1ccc(F)cc1)C(=O)CN(c1ccccc1F)S(=O)(=O)N(C)C. The molecule has 198 valence electrons. The van der Waals surface area contributed by atoms with Crippen LogP contribution in [0.2, 0.25) is 0 Å². The molecule has 11 heteroatoms. The summed E-state index contributed by atoms with van der Waals surface area (Å²) in [6.45, 7) is 5.18. The van der Waals surface area contributed by atoms with Crippen LogP contribution in [-0.4, -0.2) is 62.7 Å². The molecule has 0 radical (unpaired) electrons. The summed E-state index contributed by atoms with van der Waals surface area (Å²) >= 11 is 0. The third-order valence-electron chi connectivity index (χ3n) is 5.48. The topological polar surface area (TPSA) is 90.0 Å². The molecular formula is C25H34F2N4O4S. The highest BCUT2D eigenvalue weighted by Crippen LogP contribution is 2.24. The van der Waals surface area contributed by atoms with Gasteiger partial charge >= 0.3 is 10.2 Å². The Hall–Kier alpha value is -3.05. The van der Waals surface area contributed by atoms with Crippen molar-refractivity contribution in [3.63, 3.8) is 0 Å². The average molecular weight is 525 g/mol. The number of anilines is 1. The molecule has 0 fully saturated rings. The van der Waals surface area contributed by atoms with Crippen molar-refractivity contribution in [2.45, 2.75) is 39.8 Å². The second-order valence-electron chi connectivity index (χ2n) is 8.96. The molecule has 1 unspecified atom stereocenters. The van der Waals surface area contributed by atoms with E-state index in [1.54, 1.807) is 6.92 Å². The van der Waals surface area contributed by atoms with E-state index in [0.717, 1.165) is 10.4 Å². The van der Waals surface area contributed by atoms with Gasteiger partial charge in [0.1, 0.15) is 24.2 Å². The van der Waals surface area contributed by atoms with Crippen LogP contribution in [0.25, 0.3) is 0 Å². The quantitative estimate of drug-likeness (QED) is 0.462. The number of para-hydroxylation sites is 1. The van der Waals surface area contributed by atoms with Crippen LogP contribution >= 0.6 is 0 Å². The molecule has 2 amide bonds. The average Bonchev–Trinajstić information content (AvgIpc) is 2.82. The van der Waals surface area contributed by atoms with Crippen molar-refractivity contribution in [3.8, 4) is 0 Å². The van der Waals surface area contributed by atoms with Crippen molar-refractivity contribution < 1.29 is 26.8 Å². The van der Waals surface area contributed by atoms with Gasteiger partial charge in [0.05, 0.1) is 5.69 Å². The molecule has 0 aromatic heterocycles. The molecule has 0 heterocycles. The van der Waals surface area contributed by atoms with E-state index < -0.39 is 46.2 Å². The smallest absolute Gasteiger partial charge is 0.304 e. The summed E-state index contributed by atoms with van der Waals surface area (Å²) in [5, 5.41) is 2.81. The standard InChI is InChI=1S/C25H34F2N4O4S/c1-6-22(25(33)28-15-18(2)3)30(16-19-11-13-20(26)14-12-19)24(32)17-31(36(34,35)29(4)5)23-10-8-7-9-21(23)27/h7-14,18,22H,6,15-17H2,1-5H3,(H,28,33). The van der Waals surface area contributed by atoms with Crippen LogP contribution in [0.3, 0.4) is 0 Å². The van der Waals surface area contributed by atoms with E-state index in [9.17, 15) is 26.8 Å². The van der Waals surface area contributed by atoms with Crippen LogP contribution in [0.5, 0.6) is 0 Å². The fourth-order valence-corrected chi connectivity index (χ4v) is 4.55. The highest BCUT2D eigenvalue weighted by Gasteiger charge is 2.34. The Morgan fingerprint density at radius 1 is 1.00 bits per heavy atom. The van der Waals surface area contributed by atoms with E-state index in [1.165, 1.54) is 61.5 Å². The molecule has 1 N–H and O–H groups in total. The predicted molar refractivity (Wildman–Crippen MR) is 135 cm³/mol. The molecule has 2 aromatic carbocycles. The zero-order valence-electron chi connectivity index (χ0n) is 21.2. The summed E-state index contributed by atoms with van der Waals surface area (Å²) in [5.74, 6) is -2.20. The molecule has 8 nitrogen and oxygen atoms in total. The van der Waals surface area contributed by atoms with Gasteiger partial charge in [0.15, 0.2) is 0 Å². The molecule has 0 spiro atoms. The van der Waals surface area contributed by atoms with Crippen molar-refractivity contribution in [3.05, 3.63) is 65.7 Å². The zero-order valence-corrected chi connectivity index (χ0v) is 22.1. The molecule has 0 bridgehead atoms. The number of nitrogens with one attached hydrogen (secondary N) is 1.